The predicted molar refractivity (Wildman–Crippen MR) is 75.0 cm³/mol. The van der Waals surface area contributed by atoms with Crippen LogP contribution in [0.15, 0.2) is 12.4 Å². The Hall–Kier alpha value is -2.29. The average Bonchev–Trinajstić information content (AvgIpc) is 3.04. The summed E-state index contributed by atoms with van der Waals surface area (Å²) >= 11 is 1.36. The maximum Gasteiger partial charge on any atom is 0.325 e. The molecule has 0 bridgehead atoms. The Labute approximate surface area is 124 Å². The van der Waals surface area contributed by atoms with Gasteiger partial charge in [0.2, 0.25) is 0 Å². The molecule has 0 atom stereocenters. The molecule has 0 unspecified atom stereocenters. The second-order valence-electron chi connectivity index (χ2n) is 4.70. The van der Waals surface area contributed by atoms with E-state index in [0.717, 1.165) is 5.01 Å². The number of carbonyl (C=O) groups excluding carboxylic acids is 1. The number of thiazole rings is 1. The highest BCUT2D eigenvalue weighted by atomic mass is 32.1. The minimum atomic E-state index is -0.999. The van der Waals surface area contributed by atoms with Gasteiger partial charge in [0.25, 0.3) is 5.91 Å². The van der Waals surface area contributed by atoms with Crippen LogP contribution in [0.2, 0.25) is 0 Å². The van der Waals surface area contributed by atoms with E-state index in [2.05, 4.69) is 20.6 Å². The first-order chi connectivity index (χ1) is 9.95. The van der Waals surface area contributed by atoms with E-state index in [1.165, 1.54) is 22.2 Å². The first kappa shape index (κ1) is 15.1. The number of carbonyl (C=O) groups is 2. The zero-order valence-corrected chi connectivity index (χ0v) is 12.4. The topological polar surface area (TPSA) is 110 Å². The fraction of sp³-hybridized carbons (Fsp3) is 0.417. The molecule has 2 aromatic heterocycles. The van der Waals surface area contributed by atoms with Gasteiger partial charge in [-0.25, -0.2) is 9.67 Å². The minimum Gasteiger partial charge on any atom is -0.480 e. The lowest BCUT2D eigenvalue weighted by Crippen LogP contribution is -2.22. The zero-order chi connectivity index (χ0) is 15.4. The van der Waals surface area contributed by atoms with Crippen LogP contribution in [0.5, 0.6) is 0 Å². The Morgan fingerprint density at radius 2 is 2.24 bits per heavy atom. The molecule has 0 radical (unpaired) electrons. The van der Waals surface area contributed by atoms with E-state index >= 15 is 0 Å². The van der Waals surface area contributed by atoms with Crippen LogP contribution < -0.4 is 5.32 Å². The molecule has 2 aromatic rings. The summed E-state index contributed by atoms with van der Waals surface area (Å²) < 4.78 is 1.20. The summed E-state index contributed by atoms with van der Waals surface area (Å²) in [6.45, 7) is 3.96. The van der Waals surface area contributed by atoms with Crippen molar-refractivity contribution in [2.45, 2.75) is 32.9 Å². The molecule has 112 valence electrons. The van der Waals surface area contributed by atoms with Crippen LogP contribution in [0.1, 0.15) is 40.1 Å². The standard InChI is InChI=1S/C12H15N5O3S/c1-7(2)12-14-4-9(21-12)11(20)13-3-8-5-17(16-15-8)6-10(18)19/h4-5,7H,3,6H2,1-2H3,(H,13,20)(H,18,19). The van der Waals surface area contributed by atoms with Gasteiger partial charge in [0, 0.05) is 5.92 Å². The molecule has 0 saturated carbocycles. The van der Waals surface area contributed by atoms with Crippen molar-refractivity contribution in [1.82, 2.24) is 25.3 Å². The fourth-order valence-corrected chi connectivity index (χ4v) is 2.39. The molecule has 2 rings (SSSR count). The van der Waals surface area contributed by atoms with E-state index in [-0.39, 0.29) is 24.9 Å². The molecule has 0 aromatic carbocycles. The molecular weight excluding hydrogens is 294 g/mol. The van der Waals surface area contributed by atoms with Gasteiger partial charge in [0.15, 0.2) is 0 Å². The number of carboxylic acids is 1. The zero-order valence-electron chi connectivity index (χ0n) is 11.6. The van der Waals surface area contributed by atoms with E-state index in [0.29, 0.717) is 10.6 Å². The van der Waals surface area contributed by atoms with Gasteiger partial charge < -0.3 is 10.4 Å². The number of nitrogens with one attached hydrogen (secondary N) is 1. The number of rotatable bonds is 6. The van der Waals surface area contributed by atoms with Crippen molar-refractivity contribution in [2.75, 3.05) is 0 Å². The predicted octanol–water partition coefficient (Wildman–Crippen LogP) is 0.873. The smallest absolute Gasteiger partial charge is 0.325 e. The van der Waals surface area contributed by atoms with Crippen molar-refractivity contribution < 1.29 is 14.7 Å². The molecule has 0 aliphatic rings. The Bertz CT molecular complexity index is 649. The molecule has 8 nitrogen and oxygen atoms in total. The molecule has 2 heterocycles. The molecule has 2 N–H and O–H groups in total. The van der Waals surface area contributed by atoms with Gasteiger partial charge in [-0.1, -0.05) is 19.1 Å². The van der Waals surface area contributed by atoms with Crippen LogP contribution in [0.3, 0.4) is 0 Å². The second-order valence-corrected chi connectivity index (χ2v) is 5.76. The van der Waals surface area contributed by atoms with E-state index < -0.39 is 5.97 Å². The molecule has 0 aliphatic heterocycles. The lowest BCUT2D eigenvalue weighted by Gasteiger charge is -1.99. The minimum absolute atomic E-state index is 0.188. The molecule has 0 aliphatic carbocycles. The Kier molecular flexibility index (Phi) is 4.63. The molecule has 0 spiro atoms. The van der Waals surface area contributed by atoms with Crippen molar-refractivity contribution in [3.63, 3.8) is 0 Å². The normalized spacial score (nSPS) is 10.8. The Morgan fingerprint density at radius 3 is 2.86 bits per heavy atom. The summed E-state index contributed by atoms with van der Waals surface area (Å²) in [4.78, 5) is 27.2. The number of aromatic nitrogens is 4. The van der Waals surface area contributed by atoms with Gasteiger partial charge in [-0.3, -0.25) is 9.59 Å². The van der Waals surface area contributed by atoms with Gasteiger partial charge in [-0.2, -0.15) is 0 Å². The van der Waals surface area contributed by atoms with Crippen LogP contribution in [-0.2, 0) is 17.9 Å². The molecule has 0 saturated heterocycles. The SMILES string of the molecule is CC(C)c1ncc(C(=O)NCc2cn(CC(=O)O)nn2)s1. The monoisotopic (exact) mass is 309 g/mol. The highest BCUT2D eigenvalue weighted by Crippen LogP contribution is 2.20. The van der Waals surface area contributed by atoms with Gasteiger partial charge in [-0.15, -0.1) is 16.4 Å². The van der Waals surface area contributed by atoms with E-state index in [1.807, 2.05) is 13.8 Å². The molecule has 9 heteroatoms. The van der Waals surface area contributed by atoms with Crippen LogP contribution >= 0.6 is 11.3 Å². The third-order valence-electron chi connectivity index (χ3n) is 2.55. The number of nitrogens with zero attached hydrogens (tertiary/aromatic N) is 4. The van der Waals surface area contributed by atoms with Gasteiger partial charge in [0.1, 0.15) is 17.1 Å². The largest absolute Gasteiger partial charge is 0.480 e. The van der Waals surface area contributed by atoms with Crippen molar-refractivity contribution in [1.29, 1.82) is 0 Å². The van der Waals surface area contributed by atoms with Crippen LogP contribution in [-0.4, -0.2) is 37.0 Å². The van der Waals surface area contributed by atoms with Crippen molar-refractivity contribution in [3.05, 3.63) is 28.0 Å². The first-order valence-electron chi connectivity index (χ1n) is 6.30. The van der Waals surface area contributed by atoms with E-state index in [1.54, 1.807) is 6.20 Å². The van der Waals surface area contributed by atoms with Crippen molar-refractivity contribution in [3.8, 4) is 0 Å². The Morgan fingerprint density at radius 1 is 1.48 bits per heavy atom. The number of amides is 1. The number of aliphatic carboxylic acids is 1. The summed E-state index contributed by atoms with van der Waals surface area (Å²) in [7, 11) is 0. The number of carboxylic acid groups (broad SMARTS) is 1. The number of hydrogen-bond acceptors (Lipinski definition) is 6. The van der Waals surface area contributed by atoms with Crippen molar-refractivity contribution in [2.24, 2.45) is 0 Å². The first-order valence-corrected chi connectivity index (χ1v) is 7.12. The summed E-state index contributed by atoms with van der Waals surface area (Å²) in [6, 6.07) is 0. The lowest BCUT2D eigenvalue weighted by atomic mass is 10.2. The van der Waals surface area contributed by atoms with Gasteiger partial charge in [0.05, 0.1) is 23.9 Å². The summed E-state index contributed by atoms with van der Waals surface area (Å²) in [5.41, 5.74) is 0.498. The summed E-state index contributed by atoms with van der Waals surface area (Å²) in [5, 5.41) is 19.7. The second kappa shape index (κ2) is 6.44. The highest BCUT2D eigenvalue weighted by molar-refractivity contribution is 7.13. The van der Waals surface area contributed by atoms with Gasteiger partial charge in [-0.05, 0) is 0 Å². The fourth-order valence-electron chi connectivity index (χ4n) is 1.55. The average molecular weight is 309 g/mol. The highest BCUT2D eigenvalue weighted by Gasteiger charge is 2.13. The Balaban J connectivity index is 1.91. The van der Waals surface area contributed by atoms with Gasteiger partial charge >= 0.3 is 5.97 Å². The quantitative estimate of drug-likeness (QED) is 0.819. The van der Waals surface area contributed by atoms with Crippen LogP contribution in [0.25, 0.3) is 0 Å². The summed E-state index contributed by atoms with van der Waals surface area (Å²) in [5.74, 6) is -0.944. The molecule has 21 heavy (non-hydrogen) atoms. The lowest BCUT2D eigenvalue weighted by molar-refractivity contribution is -0.137. The summed E-state index contributed by atoms with van der Waals surface area (Å²) in [6.07, 6.45) is 3.04. The third kappa shape index (κ3) is 4.09. The molecular formula is C12H15N5O3S. The van der Waals surface area contributed by atoms with Crippen LogP contribution in [0.4, 0.5) is 0 Å². The maximum absolute atomic E-state index is 11.9. The molecule has 0 fully saturated rings. The van der Waals surface area contributed by atoms with E-state index in [4.69, 9.17) is 5.11 Å². The van der Waals surface area contributed by atoms with Crippen molar-refractivity contribution >= 4 is 23.2 Å². The van der Waals surface area contributed by atoms with Crippen LogP contribution in [0, 0.1) is 0 Å². The third-order valence-corrected chi connectivity index (χ3v) is 3.85. The van der Waals surface area contributed by atoms with E-state index in [9.17, 15) is 9.59 Å². The number of hydrogen-bond donors (Lipinski definition) is 2. The maximum atomic E-state index is 11.9. The molecule has 1 amide bonds.